The van der Waals surface area contributed by atoms with Crippen LogP contribution in [-0.4, -0.2) is 24.1 Å². The minimum atomic E-state index is -0.899. The van der Waals surface area contributed by atoms with Gasteiger partial charge in [0.05, 0.1) is 0 Å². The zero-order chi connectivity index (χ0) is 16.7. The lowest BCUT2D eigenvalue weighted by Gasteiger charge is -2.24. The van der Waals surface area contributed by atoms with Crippen LogP contribution in [0.5, 0.6) is 11.5 Å². The molecule has 1 fully saturated rings. The topological polar surface area (TPSA) is 76.7 Å². The fraction of sp³-hybridized carbons (Fsp3) is 0.529. The number of hydrogen-bond donors (Lipinski definition) is 2. The van der Waals surface area contributed by atoms with Crippen LogP contribution in [-0.2, 0) is 16.1 Å². The van der Waals surface area contributed by atoms with Gasteiger partial charge in [-0.25, -0.2) is 0 Å². The summed E-state index contributed by atoms with van der Waals surface area (Å²) in [4.78, 5) is 24.8. The number of carbonyl (C=O) groups is 2. The van der Waals surface area contributed by atoms with Crippen molar-refractivity contribution in [3.05, 3.63) is 23.8 Å². The zero-order valence-electron chi connectivity index (χ0n) is 13.7. The molecule has 6 heteroatoms. The molecule has 1 aliphatic carbocycles. The number of carbonyl (C=O) groups excluding carboxylic acids is 2. The van der Waals surface area contributed by atoms with E-state index >= 15 is 0 Å². The van der Waals surface area contributed by atoms with Gasteiger partial charge in [-0.15, -0.1) is 0 Å². The summed E-state index contributed by atoms with van der Waals surface area (Å²) in [6.07, 6.45) is 1.20. The molecule has 0 radical (unpaired) electrons. The largest absolute Gasteiger partial charge is 0.454 e. The Hall–Kier alpha value is -2.24. The maximum Gasteiger partial charge on any atom is 0.236 e. The molecule has 1 aliphatic heterocycles. The lowest BCUT2D eigenvalue weighted by atomic mass is 10.0. The predicted molar refractivity (Wildman–Crippen MR) is 84.0 cm³/mol. The quantitative estimate of drug-likeness (QED) is 0.829. The summed E-state index contributed by atoms with van der Waals surface area (Å²) in [5, 5.41) is 5.76. The molecule has 1 aromatic carbocycles. The summed E-state index contributed by atoms with van der Waals surface area (Å²) < 4.78 is 10.6. The molecule has 2 amide bonds. The third-order valence-electron chi connectivity index (χ3n) is 4.00. The van der Waals surface area contributed by atoms with Crippen molar-refractivity contribution < 1.29 is 19.1 Å². The third kappa shape index (κ3) is 3.25. The van der Waals surface area contributed by atoms with Gasteiger partial charge in [0.1, 0.15) is 5.41 Å². The van der Waals surface area contributed by atoms with Crippen molar-refractivity contribution in [3.63, 3.8) is 0 Å². The molecule has 1 saturated carbocycles. The Morgan fingerprint density at radius 1 is 1.13 bits per heavy atom. The molecule has 2 N–H and O–H groups in total. The fourth-order valence-electron chi connectivity index (χ4n) is 2.54. The van der Waals surface area contributed by atoms with Crippen LogP contribution in [0.25, 0.3) is 0 Å². The summed E-state index contributed by atoms with van der Waals surface area (Å²) in [6, 6.07) is 5.54. The van der Waals surface area contributed by atoms with E-state index in [4.69, 9.17) is 9.47 Å². The number of hydrogen-bond acceptors (Lipinski definition) is 4. The first-order valence-corrected chi connectivity index (χ1v) is 7.80. The van der Waals surface area contributed by atoms with Crippen molar-refractivity contribution in [2.45, 2.75) is 45.7 Å². The molecule has 0 atom stereocenters. The van der Waals surface area contributed by atoms with E-state index in [2.05, 4.69) is 10.6 Å². The molecule has 124 valence electrons. The minimum Gasteiger partial charge on any atom is -0.454 e. The molecule has 2 aliphatic rings. The molecule has 1 aromatic rings. The van der Waals surface area contributed by atoms with Crippen molar-refractivity contribution in [1.29, 1.82) is 0 Å². The van der Waals surface area contributed by atoms with Gasteiger partial charge in [-0.2, -0.15) is 0 Å². The average Bonchev–Trinajstić information content (AvgIpc) is 3.15. The Balaban J connectivity index is 1.60. The first-order valence-electron chi connectivity index (χ1n) is 7.80. The molecule has 0 bridgehead atoms. The lowest BCUT2D eigenvalue weighted by molar-refractivity contribution is -0.138. The molecular formula is C17H22N2O4. The number of benzene rings is 1. The van der Waals surface area contributed by atoms with Gasteiger partial charge in [0.25, 0.3) is 0 Å². The number of amides is 2. The van der Waals surface area contributed by atoms with E-state index < -0.39 is 5.41 Å². The van der Waals surface area contributed by atoms with Gasteiger partial charge in [0.15, 0.2) is 11.5 Å². The van der Waals surface area contributed by atoms with E-state index in [0.717, 1.165) is 5.56 Å². The van der Waals surface area contributed by atoms with Crippen molar-refractivity contribution in [3.8, 4) is 11.5 Å². The summed E-state index contributed by atoms with van der Waals surface area (Å²) in [5.41, 5.74) is -0.330. The molecular weight excluding hydrogens is 296 g/mol. The number of nitrogens with one attached hydrogen (secondary N) is 2. The van der Waals surface area contributed by atoms with E-state index in [1.165, 1.54) is 0 Å². The first kappa shape index (κ1) is 15.6. The van der Waals surface area contributed by atoms with Crippen molar-refractivity contribution in [1.82, 2.24) is 10.6 Å². The van der Waals surface area contributed by atoms with Crippen LogP contribution in [0.2, 0.25) is 0 Å². The van der Waals surface area contributed by atoms with Crippen LogP contribution >= 0.6 is 0 Å². The first-order chi connectivity index (χ1) is 10.8. The van der Waals surface area contributed by atoms with Crippen molar-refractivity contribution in [2.75, 3.05) is 6.79 Å². The number of rotatable bonds is 4. The predicted octanol–water partition coefficient (Wildman–Crippen LogP) is 1.73. The van der Waals surface area contributed by atoms with Crippen LogP contribution in [0.15, 0.2) is 18.2 Å². The van der Waals surface area contributed by atoms with Crippen LogP contribution in [0.1, 0.15) is 39.2 Å². The van der Waals surface area contributed by atoms with Gasteiger partial charge in [0.2, 0.25) is 18.6 Å². The molecule has 0 unspecified atom stereocenters. The van der Waals surface area contributed by atoms with E-state index in [1.807, 2.05) is 39.0 Å². The minimum absolute atomic E-state index is 0.187. The van der Waals surface area contributed by atoms with E-state index in [1.54, 1.807) is 0 Å². The number of fused-ring (bicyclic) bond motifs is 1. The molecule has 0 saturated heterocycles. The Morgan fingerprint density at radius 3 is 2.48 bits per heavy atom. The van der Waals surface area contributed by atoms with Crippen LogP contribution in [0.3, 0.4) is 0 Å². The van der Waals surface area contributed by atoms with Crippen LogP contribution in [0, 0.1) is 5.41 Å². The third-order valence-corrected chi connectivity index (χ3v) is 4.00. The molecule has 6 nitrogen and oxygen atoms in total. The molecule has 1 heterocycles. The lowest BCUT2D eigenvalue weighted by Crippen LogP contribution is -2.49. The van der Waals surface area contributed by atoms with Crippen LogP contribution in [0.4, 0.5) is 0 Å². The van der Waals surface area contributed by atoms with Crippen molar-refractivity contribution in [2.24, 2.45) is 5.41 Å². The SMILES string of the molecule is CC(C)(C)NC(=O)C1(C(=O)NCc2ccc3c(c2)OCO3)CC1. The highest BCUT2D eigenvalue weighted by Gasteiger charge is 2.56. The summed E-state index contributed by atoms with van der Waals surface area (Å²) in [7, 11) is 0. The van der Waals surface area contributed by atoms with Gasteiger partial charge in [0, 0.05) is 12.1 Å². The number of ether oxygens (including phenoxy) is 2. The second-order valence-corrected chi connectivity index (χ2v) is 7.16. The highest BCUT2D eigenvalue weighted by molar-refractivity contribution is 6.08. The van der Waals surface area contributed by atoms with Gasteiger partial charge < -0.3 is 20.1 Å². The van der Waals surface area contributed by atoms with E-state index in [0.29, 0.717) is 30.9 Å². The Kier molecular flexibility index (Phi) is 3.70. The average molecular weight is 318 g/mol. The second kappa shape index (κ2) is 5.44. The smallest absolute Gasteiger partial charge is 0.236 e. The molecule has 0 spiro atoms. The zero-order valence-corrected chi connectivity index (χ0v) is 13.7. The van der Waals surface area contributed by atoms with Gasteiger partial charge in [-0.1, -0.05) is 6.07 Å². The Morgan fingerprint density at radius 2 is 1.83 bits per heavy atom. The summed E-state index contributed by atoms with van der Waals surface area (Å²) >= 11 is 0. The van der Waals surface area contributed by atoms with E-state index in [-0.39, 0.29) is 24.1 Å². The fourth-order valence-corrected chi connectivity index (χ4v) is 2.54. The Bertz CT molecular complexity index is 644. The van der Waals surface area contributed by atoms with Gasteiger partial charge in [-0.05, 0) is 51.3 Å². The second-order valence-electron chi connectivity index (χ2n) is 7.16. The molecule has 23 heavy (non-hydrogen) atoms. The van der Waals surface area contributed by atoms with Crippen LogP contribution < -0.4 is 20.1 Å². The molecule has 0 aromatic heterocycles. The standard InChI is InChI=1S/C17H22N2O4/c1-16(2,3)19-15(21)17(6-7-17)14(20)18-9-11-4-5-12-13(8-11)23-10-22-12/h4-5,8H,6-7,9-10H2,1-3H3,(H,18,20)(H,19,21). The summed E-state index contributed by atoms with van der Waals surface area (Å²) in [5.74, 6) is 0.997. The summed E-state index contributed by atoms with van der Waals surface area (Å²) in [6.45, 7) is 6.31. The monoisotopic (exact) mass is 318 g/mol. The Labute approximate surface area is 135 Å². The van der Waals surface area contributed by atoms with E-state index in [9.17, 15) is 9.59 Å². The van der Waals surface area contributed by atoms with Gasteiger partial charge in [-0.3, -0.25) is 9.59 Å². The highest BCUT2D eigenvalue weighted by atomic mass is 16.7. The highest BCUT2D eigenvalue weighted by Crippen LogP contribution is 2.46. The maximum absolute atomic E-state index is 12.4. The normalized spacial score (nSPS) is 17.5. The maximum atomic E-state index is 12.4. The van der Waals surface area contributed by atoms with Gasteiger partial charge >= 0.3 is 0 Å². The van der Waals surface area contributed by atoms with Crippen molar-refractivity contribution >= 4 is 11.8 Å². The molecule has 3 rings (SSSR count).